The van der Waals surface area contributed by atoms with Crippen molar-refractivity contribution in [2.75, 3.05) is 26.7 Å². The zero-order valence-corrected chi connectivity index (χ0v) is 17.6. The molecule has 0 unspecified atom stereocenters. The maximum Gasteiger partial charge on any atom is 0.224 e. The highest BCUT2D eigenvalue weighted by molar-refractivity contribution is 5.76. The van der Waals surface area contributed by atoms with Crippen LogP contribution in [0, 0.1) is 13.8 Å². The fourth-order valence-electron chi connectivity index (χ4n) is 4.18. The van der Waals surface area contributed by atoms with Gasteiger partial charge < -0.3 is 9.80 Å². The normalized spacial score (nSPS) is 17.6. The number of likely N-dealkylation sites (N-methyl/N-ethyl adjacent to an activating group) is 1. The Morgan fingerprint density at radius 3 is 2.71 bits per heavy atom. The zero-order valence-electron chi connectivity index (χ0n) is 17.6. The van der Waals surface area contributed by atoms with Crippen LogP contribution in [-0.2, 0) is 17.8 Å². The number of carbonyl (C=O) groups is 1. The number of likely N-dealkylation sites (tertiary alicyclic amines) is 1. The van der Waals surface area contributed by atoms with Crippen LogP contribution in [0.3, 0.4) is 0 Å². The second kappa shape index (κ2) is 9.87. The molecule has 2 aromatic rings. The summed E-state index contributed by atoms with van der Waals surface area (Å²) in [7, 11) is 1.97. The maximum atomic E-state index is 12.7. The third kappa shape index (κ3) is 5.68. The van der Waals surface area contributed by atoms with E-state index in [1.54, 1.807) is 0 Å². The van der Waals surface area contributed by atoms with Crippen molar-refractivity contribution in [3.63, 3.8) is 0 Å². The van der Waals surface area contributed by atoms with Gasteiger partial charge in [0.2, 0.25) is 5.91 Å². The molecule has 0 N–H and O–H groups in total. The van der Waals surface area contributed by atoms with E-state index in [2.05, 4.69) is 46.4 Å². The van der Waals surface area contributed by atoms with Gasteiger partial charge in [-0.2, -0.15) is 5.10 Å². The van der Waals surface area contributed by atoms with Gasteiger partial charge in [0.15, 0.2) is 0 Å². The van der Waals surface area contributed by atoms with E-state index in [-0.39, 0.29) is 5.91 Å². The topological polar surface area (TPSA) is 41.4 Å². The van der Waals surface area contributed by atoms with Crippen LogP contribution in [0.15, 0.2) is 36.4 Å². The summed E-state index contributed by atoms with van der Waals surface area (Å²) in [5.41, 5.74) is 3.54. The molecule has 152 valence electrons. The van der Waals surface area contributed by atoms with E-state index in [0.29, 0.717) is 19.0 Å². The number of aryl methyl sites for hydroxylation is 4. The third-order valence-electron chi connectivity index (χ3n) is 5.85. The molecule has 0 spiro atoms. The number of rotatable bonds is 8. The number of benzene rings is 1. The lowest BCUT2D eigenvalue weighted by Gasteiger charge is -2.37. The third-order valence-corrected chi connectivity index (χ3v) is 5.85. The summed E-state index contributed by atoms with van der Waals surface area (Å²) >= 11 is 0. The lowest BCUT2D eigenvalue weighted by atomic mass is 10.0. The summed E-state index contributed by atoms with van der Waals surface area (Å²) in [4.78, 5) is 17.2. The lowest BCUT2D eigenvalue weighted by Crippen LogP contribution is -2.48. The molecule has 1 aromatic carbocycles. The Hall–Kier alpha value is -2.14. The molecule has 1 amide bonds. The molecular formula is C23H34N4O. The SMILES string of the molecule is Cc1cc(C)n(CCC(=O)N(C)[C@@H]2CCCN(CCCc3ccccc3)C2)n1. The van der Waals surface area contributed by atoms with E-state index < -0.39 is 0 Å². The Labute approximate surface area is 169 Å². The Morgan fingerprint density at radius 2 is 2.00 bits per heavy atom. The smallest absolute Gasteiger partial charge is 0.224 e. The molecule has 0 saturated carbocycles. The summed E-state index contributed by atoms with van der Waals surface area (Å²) in [6.45, 7) is 7.96. The number of amides is 1. The molecular weight excluding hydrogens is 348 g/mol. The molecule has 1 atom stereocenters. The molecule has 0 bridgehead atoms. The fraction of sp³-hybridized carbons (Fsp3) is 0.565. The van der Waals surface area contributed by atoms with Crippen LogP contribution in [0.4, 0.5) is 0 Å². The van der Waals surface area contributed by atoms with Crippen molar-refractivity contribution in [3.8, 4) is 0 Å². The molecule has 5 heteroatoms. The van der Waals surface area contributed by atoms with E-state index in [9.17, 15) is 4.79 Å². The van der Waals surface area contributed by atoms with Crippen LogP contribution in [0.2, 0.25) is 0 Å². The van der Waals surface area contributed by atoms with Gasteiger partial charge in [-0.25, -0.2) is 0 Å². The summed E-state index contributed by atoms with van der Waals surface area (Å²) in [5.74, 6) is 0.226. The van der Waals surface area contributed by atoms with Gasteiger partial charge in [-0.15, -0.1) is 0 Å². The zero-order chi connectivity index (χ0) is 19.9. The van der Waals surface area contributed by atoms with Crippen molar-refractivity contribution in [2.45, 2.75) is 58.5 Å². The predicted octanol–water partition coefficient (Wildman–Crippen LogP) is 3.45. The van der Waals surface area contributed by atoms with Gasteiger partial charge in [-0.3, -0.25) is 9.48 Å². The molecule has 2 heterocycles. The first-order chi connectivity index (χ1) is 13.5. The van der Waals surface area contributed by atoms with Crippen LogP contribution in [0.25, 0.3) is 0 Å². The van der Waals surface area contributed by atoms with Gasteiger partial charge in [-0.05, 0) is 64.3 Å². The van der Waals surface area contributed by atoms with Crippen LogP contribution in [-0.4, -0.2) is 58.2 Å². The number of carbonyl (C=O) groups excluding carboxylic acids is 1. The summed E-state index contributed by atoms with van der Waals surface area (Å²) in [6, 6.07) is 13.1. The van der Waals surface area contributed by atoms with E-state index >= 15 is 0 Å². The highest BCUT2D eigenvalue weighted by Crippen LogP contribution is 2.17. The lowest BCUT2D eigenvalue weighted by molar-refractivity contribution is -0.133. The van der Waals surface area contributed by atoms with Crippen LogP contribution >= 0.6 is 0 Å². The van der Waals surface area contributed by atoms with Crippen molar-refractivity contribution in [1.29, 1.82) is 0 Å². The van der Waals surface area contributed by atoms with E-state index in [1.807, 2.05) is 30.5 Å². The number of hydrogen-bond acceptors (Lipinski definition) is 3. The largest absolute Gasteiger partial charge is 0.341 e. The molecule has 3 rings (SSSR count). The second-order valence-corrected chi connectivity index (χ2v) is 8.09. The van der Waals surface area contributed by atoms with Crippen molar-refractivity contribution >= 4 is 5.91 Å². The average molecular weight is 383 g/mol. The van der Waals surface area contributed by atoms with Crippen molar-refractivity contribution in [1.82, 2.24) is 19.6 Å². The quantitative estimate of drug-likeness (QED) is 0.702. The van der Waals surface area contributed by atoms with Crippen molar-refractivity contribution in [2.24, 2.45) is 0 Å². The number of hydrogen-bond donors (Lipinski definition) is 0. The van der Waals surface area contributed by atoms with Crippen LogP contribution < -0.4 is 0 Å². The molecule has 1 aromatic heterocycles. The van der Waals surface area contributed by atoms with E-state index in [4.69, 9.17) is 0 Å². The molecule has 0 radical (unpaired) electrons. The van der Waals surface area contributed by atoms with Gasteiger partial charge in [0.05, 0.1) is 5.69 Å². The number of nitrogens with zero attached hydrogens (tertiary/aromatic N) is 4. The summed E-state index contributed by atoms with van der Waals surface area (Å²) < 4.78 is 1.94. The molecule has 28 heavy (non-hydrogen) atoms. The van der Waals surface area contributed by atoms with Gasteiger partial charge in [0.25, 0.3) is 0 Å². The van der Waals surface area contributed by atoms with E-state index in [0.717, 1.165) is 43.9 Å². The maximum absolute atomic E-state index is 12.7. The first kappa shape index (κ1) is 20.6. The molecule has 0 aliphatic carbocycles. The van der Waals surface area contributed by atoms with Crippen molar-refractivity contribution in [3.05, 3.63) is 53.3 Å². The number of aromatic nitrogens is 2. The first-order valence-electron chi connectivity index (χ1n) is 10.6. The summed E-state index contributed by atoms with van der Waals surface area (Å²) in [6.07, 6.45) is 5.09. The minimum Gasteiger partial charge on any atom is -0.341 e. The minimum absolute atomic E-state index is 0.226. The first-order valence-corrected chi connectivity index (χ1v) is 10.6. The van der Waals surface area contributed by atoms with E-state index in [1.165, 1.54) is 18.4 Å². The van der Waals surface area contributed by atoms with Gasteiger partial charge >= 0.3 is 0 Å². The molecule has 5 nitrogen and oxygen atoms in total. The minimum atomic E-state index is 0.226. The monoisotopic (exact) mass is 382 g/mol. The molecule has 1 aliphatic rings. The average Bonchev–Trinajstić information content (AvgIpc) is 3.03. The van der Waals surface area contributed by atoms with Crippen LogP contribution in [0.1, 0.15) is 42.6 Å². The standard InChI is InChI=1S/C23H34N4O/c1-19-17-20(2)27(24-19)16-13-23(28)25(3)22-12-8-15-26(18-22)14-7-11-21-9-5-4-6-10-21/h4-6,9-10,17,22H,7-8,11-16,18H2,1-3H3/t22-/m1/s1. The molecule has 1 saturated heterocycles. The van der Waals surface area contributed by atoms with Crippen molar-refractivity contribution < 1.29 is 4.79 Å². The van der Waals surface area contributed by atoms with Gasteiger partial charge in [-0.1, -0.05) is 30.3 Å². The highest BCUT2D eigenvalue weighted by atomic mass is 16.2. The van der Waals surface area contributed by atoms with Crippen LogP contribution in [0.5, 0.6) is 0 Å². The fourth-order valence-corrected chi connectivity index (χ4v) is 4.18. The number of piperidine rings is 1. The Kier molecular flexibility index (Phi) is 7.26. The molecule has 1 aliphatic heterocycles. The molecule has 1 fully saturated rings. The Bertz CT molecular complexity index is 755. The predicted molar refractivity (Wildman–Crippen MR) is 113 cm³/mol. The second-order valence-electron chi connectivity index (χ2n) is 8.09. The Morgan fingerprint density at radius 1 is 1.21 bits per heavy atom. The van der Waals surface area contributed by atoms with Gasteiger partial charge in [0, 0.05) is 38.3 Å². The Balaban J connectivity index is 1.43. The highest BCUT2D eigenvalue weighted by Gasteiger charge is 2.25. The summed E-state index contributed by atoms with van der Waals surface area (Å²) in [5, 5.41) is 4.46. The van der Waals surface area contributed by atoms with Gasteiger partial charge in [0.1, 0.15) is 0 Å².